The van der Waals surface area contributed by atoms with Crippen LogP contribution in [0.25, 0.3) is 0 Å². The van der Waals surface area contributed by atoms with Crippen LogP contribution in [0.2, 0.25) is 0 Å². The second-order valence-electron chi connectivity index (χ2n) is 6.26. The van der Waals surface area contributed by atoms with Crippen molar-refractivity contribution in [2.24, 2.45) is 11.8 Å². The lowest BCUT2D eigenvalue weighted by atomic mass is 9.81. The maximum Gasteiger partial charge on any atom is 0.337 e. The van der Waals surface area contributed by atoms with Gasteiger partial charge in [-0.3, -0.25) is 0 Å². The van der Waals surface area contributed by atoms with Crippen molar-refractivity contribution in [1.29, 1.82) is 0 Å². The van der Waals surface area contributed by atoms with Crippen molar-refractivity contribution in [1.82, 2.24) is 0 Å². The number of hydrogen-bond acceptors (Lipinski definition) is 9. The molecule has 9 nitrogen and oxygen atoms in total. The van der Waals surface area contributed by atoms with Gasteiger partial charge in [-0.15, -0.1) is 6.58 Å². The van der Waals surface area contributed by atoms with E-state index in [9.17, 15) is 25.2 Å². The topological polar surface area (TPSA) is 135 Å². The van der Waals surface area contributed by atoms with Gasteiger partial charge in [0.1, 0.15) is 24.4 Å². The number of ether oxygens (including phenoxy) is 4. The Labute approximate surface area is 144 Å². The summed E-state index contributed by atoms with van der Waals surface area (Å²) < 4.78 is 21.4. The Morgan fingerprint density at radius 3 is 2.68 bits per heavy atom. The van der Waals surface area contributed by atoms with Crippen molar-refractivity contribution in [2.75, 3.05) is 13.2 Å². The van der Waals surface area contributed by atoms with Gasteiger partial charge in [0.25, 0.3) is 0 Å². The standard InChI is InChI=1S/C16H22O9/c1-2-7-8-3-4-22-14(21)9(8)6-23-15(7)25-16-13(20)12(19)11(18)10(5-17)24-16/h2,6-8,10-13,15-20H,1,3-5H2/t7?,8-,10?,11+,12?,13?,15-,16-/m0/s1. The molecule has 4 N–H and O–H groups in total. The van der Waals surface area contributed by atoms with Gasteiger partial charge < -0.3 is 39.4 Å². The van der Waals surface area contributed by atoms with E-state index in [1.54, 1.807) is 6.08 Å². The highest BCUT2D eigenvalue weighted by Crippen LogP contribution is 2.38. The van der Waals surface area contributed by atoms with E-state index in [2.05, 4.69) is 6.58 Å². The summed E-state index contributed by atoms with van der Waals surface area (Å²) in [5, 5.41) is 38.9. The summed E-state index contributed by atoms with van der Waals surface area (Å²) in [4.78, 5) is 11.8. The van der Waals surface area contributed by atoms with Gasteiger partial charge in [-0.25, -0.2) is 4.79 Å². The summed E-state index contributed by atoms with van der Waals surface area (Å²) in [6.07, 6.45) is -4.44. The van der Waals surface area contributed by atoms with E-state index in [1.807, 2.05) is 0 Å². The van der Waals surface area contributed by atoms with Gasteiger partial charge >= 0.3 is 5.97 Å². The Balaban J connectivity index is 1.75. The van der Waals surface area contributed by atoms with Crippen molar-refractivity contribution in [3.05, 3.63) is 24.5 Å². The van der Waals surface area contributed by atoms with Gasteiger partial charge in [0, 0.05) is 11.8 Å². The molecule has 0 saturated carbocycles. The lowest BCUT2D eigenvalue weighted by Crippen LogP contribution is -2.60. The predicted octanol–water partition coefficient (Wildman–Crippen LogP) is -1.59. The SMILES string of the molecule is C=CC1[C@H](O[C@@H]2OC(CO)[C@@H](O)C(O)C2O)OC=C2C(=O)OCC[C@H]21. The van der Waals surface area contributed by atoms with Crippen molar-refractivity contribution in [3.8, 4) is 0 Å². The number of fused-ring (bicyclic) bond motifs is 1. The van der Waals surface area contributed by atoms with Gasteiger partial charge in [0.05, 0.1) is 25.0 Å². The van der Waals surface area contributed by atoms with Crippen molar-refractivity contribution in [2.45, 2.75) is 43.4 Å². The fourth-order valence-corrected chi connectivity index (χ4v) is 3.34. The molecule has 3 rings (SSSR count). The van der Waals surface area contributed by atoms with Gasteiger partial charge in [0.2, 0.25) is 6.29 Å². The molecule has 0 aromatic carbocycles. The zero-order valence-corrected chi connectivity index (χ0v) is 13.4. The number of hydrogen-bond donors (Lipinski definition) is 4. The van der Waals surface area contributed by atoms with Crippen molar-refractivity contribution >= 4 is 5.97 Å². The molecule has 8 atom stereocenters. The first-order valence-electron chi connectivity index (χ1n) is 8.09. The summed E-state index contributed by atoms with van der Waals surface area (Å²) >= 11 is 0. The largest absolute Gasteiger partial charge is 0.471 e. The normalized spacial score (nSPS) is 44.2. The van der Waals surface area contributed by atoms with Crippen LogP contribution in [0.3, 0.4) is 0 Å². The third-order valence-electron chi connectivity index (χ3n) is 4.79. The molecule has 3 aliphatic heterocycles. The molecule has 2 saturated heterocycles. The van der Waals surface area contributed by atoms with Crippen LogP contribution >= 0.6 is 0 Å². The van der Waals surface area contributed by atoms with E-state index < -0.39 is 55.5 Å². The minimum absolute atomic E-state index is 0.206. The number of esters is 1. The van der Waals surface area contributed by atoms with Gasteiger partial charge in [-0.05, 0) is 6.42 Å². The third kappa shape index (κ3) is 3.31. The Morgan fingerprint density at radius 1 is 1.24 bits per heavy atom. The first-order chi connectivity index (χ1) is 12.0. The molecule has 0 radical (unpaired) electrons. The summed E-state index contributed by atoms with van der Waals surface area (Å²) in [5.74, 6) is -1.06. The van der Waals surface area contributed by atoms with Crippen LogP contribution in [0, 0.1) is 11.8 Å². The third-order valence-corrected chi connectivity index (χ3v) is 4.79. The van der Waals surface area contributed by atoms with Crippen LogP contribution in [0.5, 0.6) is 0 Å². The highest BCUT2D eigenvalue weighted by Gasteiger charge is 2.48. The van der Waals surface area contributed by atoms with E-state index in [0.717, 1.165) is 0 Å². The van der Waals surface area contributed by atoms with E-state index in [1.165, 1.54) is 6.26 Å². The quantitative estimate of drug-likeness (QED) is 0.346. The Kier molecular flexibility index (Phi) is 5.42. The van der Waals surface area contributed by atoms with Crippen LogP contribution in [0.4, 0.5) is 0 Å². The maximum absolute atomic E-state index is 11.8. The second kappa shape index (κ2) is 7.40. The number of aliphatic hydroxyl groups excluding tert-OH is 4. The van der Waals surface area contributed by atoms with E-state index in [-0.39, 0.29) is 12.5 Å². The first-order valence-corrected chi connectivity index (χ1v) is 8.09. The molecule has 0 aromatic rings. The summed E-state index contributed by atoms with van der Waals surface area (Å²) in [7, 11) is 0. The molecule has 140 valence electrons. The Bertz CT molecular complexity index is 546. The highest BCUT2D eigenvalue weighted by atomic mass is 16.8. The molecule has 0 amide bonds. The maximum atomic E-state index is 11.8. The Hall–Kier alpha value is -1.49. The van der Waals surface area contributed by atoms with Crippen LogP contribution in [0.1, 0.15) is 6.42 Å². The Morgan fingerprint density at radius 2 is 2.00 bits per heavy atom. The molecule has 2 fully saturated rings. The minimum Gasteiger partial charge on any atom is -0.471 e. The highest BCUT2D eigenvalue weighted by molar-refractivity contribution is 5.89. The number of carbonyl (C=O) groups is 1. The monoisotopic (exact) mass is 358 g/mol. The molecule has 0 bridgehead atoms. The van der Waals surface area contributed by atoms with Crippen LogP contribution < -0.4 is 0 Å². The van der Waals surface area contributed by atoms with Gasteiger partial charge in [-0.2, -0.15) is 0 Å². The van der Waals surface area contributed by atoms with Crippen LogP contribution in [-0.4, -0.2) is 76.6 Å². The van der Waals surface area contributed by atoms with E-state index in [0.29, 0.717) is 12.0 Å². The van der Waals surface area contributed by atoms with Crippen molar-refractivity contribution in [3.63, 3.8) is 0 Å². The summed E-state index contributed by atoms with van der Waals surface area (Å²) in [6, 6.07) is 0. The van der Waals surface area contributed by atoms with Gasteiger partial charge in [-0.1, -0.05) is 6.08 Å². The molecule has 0 aromatic heterocycles. The lowest BCUT2D eigenvalue weighted by Gasteiger charge is -2.43. The van der Waals surface area contributed by atoms with Gasteiger partial charge in [0.15, 0.2) is 6.29 Å². The average molecular weight is 358 g/mol. The summed E-state index contributed by atoms with van der Waals surface area (Å²) in [5.41, 5.74) is 0.393. The fraction of sp³-hybridized carbons (Fsp3) is 0.688. The molecular weight excluding hydrogens is 336 g/mol. The lowest BCUT2D eigenvalue weighted by molar-refractivity contribution is -0.339. The number of cyclic esters (lactones) is 1. The zero-order chi connectivity index (χ0) is 18.1. The van der Waals surface area contributed by atoms with E-state index in [4.69, 9.17) is 18.9 Å². The molecule has 0 aliphatic carbocycles. The summed E-state index contributed by atoms with van der Waals surface area (Å²) in [6.45, 7) is 3.47. The molecule has 4 unspecified atom stereocenters. The zero-order valence-electron chi connectivity index (χ0n) is 13.4. The number of rotatable bonds is 4. The molecular formula is C16H22O9. The predicted molar refractivity (Wildman–Crippen MR) is 80.6 cm³/mol. The second-order valence-corrected chi connectivity index (χ2v) is 6.26. The number of carbonyl (C=O) groups excluding carboxylic acids is 1. The smallest absolute Gasteiger partial charge is 0.337 e. The van der Waals surface area contributed by atoms with Crippen molar-refractivity contribution < 1.29 is 44.2 Å². The van der Waals surface area contributed by atoms with Crippen LogP contribution in [0.15, 0.2) is 24.5 Å². The first kappa shape index (κ1) is 18.3. The van der Waals surface area contributed by atoms with E-state index >= 15 is 0 Å². The average Bonchev–Trinajstić information content (AvgIpc) is 2.62. The minimum atomic E-state index is -1.54. The van der Waals surface area contributed by atoms with Crippen LogP contribution in [-0.2, 0) is 23.7 Å². The fourth-order valence-electron chi connectivity index (χ4n) is 3.34. The molecule has 3 aliphatic rings. The molecule has 0 spiro atoms. The molecule has 25 heavy (non-hydrogen) atoms. The molecule has 3 heterocycles. The number of aliphatic hydroxyl groups is 4. The molecule has 9 heteroatoms.